The van der Waals surface area contributed by atoms with Crippen molar-refractivity contribution in [3.8, 4) is 0 Å². The van der Waals surface area contributed by atoms with E-state index in [-0.39, 0.29) is 17.5 Å². The minimum Gasteiger partial charge on any atom is -0.368 e. The second-order valence-corrected chi connectivity index (χ2v) is 7.79. The first-order valence-corrected chi connectivity index (χ1v) is 10.4. The number of rotatable bonds is 6. The highest BCUT2D eigenvalue weighted by Crippen LogP contribution is 2.22. The van der Waals surface area contributed by atoms with Gasteiger partial charge < -0.3 is 15.1 Å². The Morgan fingerprint density at radius 1 is 1.03 bits per heavy atom. The van der Waals surface area contributed by atoms with Crippen LogP contribution >= 0.6 is 0 Å². The van der Waals surface area contributed by atoms with E-state index in [2.05, 4.69) is 5.32 Å². The Morgan fingerprint density at radius 3 is 2.39 bits per heavy atom. The summed E-state index contributed by atoms with van der Waals surface area (Å²) in [4.78, 5) is 38.9. The van der Waals surface area contributed by atoms with Crippen molar-refractivity contribution in [1.29, 1.82) is 0 Å². The second kappa shape index (κ2) is 8.99. The van der Waals surface area contributed by atoms with Crippen LogP contribution in [0.2, 0.25) is 0 Å². The van der Waals surface area contributed by atoms with Gasteiger partial charge in [-0.1, -0.05) is 18.2 Å². The van der Waals surface area contributed by atoms with Gasteiger partial charge in [-0.15, -0.1) is 0 Å². The molecule has 1 saturated carbocycles. The molecule has 0 bridgehead atoms. The number of non-ortho nitro benzene ring substituents is 1. The van der Waals surface area contributed by atoms with Crippen molar-refractivity contribution in [3.63, 3.8) is 0 Å². The fraction of sp³-hybridized carbons (Fsp3) is 0.304. The molecule has 8 heteroatoms. The molecule has 0 unspecified atom stereocenters. The Bertz CT molecular complexity index is 1010. The molecule has 160 valence electrons. The molecule has 0 radical (unpaired) electrons. The van der Waals surface area contributed by atoms with Gasteiger partial charge in [0.15, 0.2) is 0 Å². The van der Waals surface area contributed by atoms with E-state index < -0.39 is 4.92 Å². The van der Waals surface area contributed by atoms with E-state index in [1.54, 1.807) is 41.3 Å². The smallest absolute Gasteiger partial charge is 0.271 e. The minimum atomic E-state index is -0.403. The average Bonchev–Trinajstić information content (AvgIpc) is 3.62. The molecule has 1 saturated heterocycles. The molecule has 4 rings (SSSR count). The average molecular weight is 420 g/mol. The quantitative estimate of drug-likeness (QED) is 0.440. The van der Waals surface area contributed by atoms with Crippen LogP contribution in [0.1, 0.15) is 28.8 Å². The van der Waals surface area contributed by atoms with E-state index >= 15 is 0 Å². The Kier molecular flexibility index (Phi) is 5.97. The van der Waals surface area contributed by atoms with Gasteiger partial charge in [-0.25, -0.2) is 0 Å². The molecule has 1 aliphatic heterocycles. The van der Waals surface area contributed by atoms with Gasteiger partial charge in [0.05, 0.1) is 4.92 Å². The van der Waals surface area contributed by atoms with Crippen LogP contribution in [-0.2, 0) is 4.79 Å². The first kappa shape index (κ1) is 20.6. The van der Waals surface area contributed by atoms with Crippen molar-refractivity contribution in [2.75, 3.05) is 31.1 Å². The number of carbonyl (C=O) groups is 2. The Hall–Kier alpha value is -3.68. The molecule has 1 N–H and O–H groups in total. The summed E-state index contributed by atoms with van der Waals surface area (Å²) in [6.07, 6.45) is 5.39. The Morgan fingerprint density at radius 2 is 1.74 bits per heavy atom. The summed E-state index contributed by atoms with van der Waals surface area (Å²) < 4.78 is 0. The van der Waals surface area contributed by atoms with Crippen molar-refractivity contribution in [3.05, 3.63) is 75.8 Å². The summed E-state index contributed by atoms with van der Waals surface area (Å²) >= 11 is 0. The normalized spacial score (nSPS) is 16.4. The number of nitrogens with one attached hydrogen (secondary N) is 1. The van der Waals surface area contributed by atoms with Crippen molar-refractivity contribution < 1.29 is 14.5 Å². The lowest BCUT2D eigenvalue weighted by Gasteiger charge is -2.35. The number of hydrogen-bond donors (Lipinski definition) is 1. The van der Waals surface area contributed by atoms with Crippen molar-refractivity contribution in [2.24, 2.45) is 0 Å². The number of benzene rings is 2. The first-order chi connectivity index (χ1) is 15.0. The molecule has 2 amide bonds. The SMILES string of the molecule is O=C(NC1CC1)c1ccc(/C=C/C(=O)N2CCN(c3cccc([N+](=O)[O-])c3)CC2)cc1. The highest BCUT2D eigenvalue weighted by molar-refractivity contribution is 5.95. The van der Waals surface area contributed by atoms with Gasteiger partial charge >= 0.3 is 0 Å². The molecule has 2 aromatic rings. The van der Waals surface area contributed by atoms with Gasteiger partial charge in [0.2, 0.25) is 5.91 Å². The standard InChI is InChI=1S/C23H24N4O4/c28-22(11-6-17-4-7-18(8-5-17)23(29)24-19-9-10-19)26-14-12-25(13-15-26)20-2-1-3-21(16-20)27(30)31/h1-8,11,16,19H,9-10,12-15H2,(H,24,29)/b11-6+. The van der Waals surface area contributed by atoms with Crippen LogP contribution in [0.25, 0.3) is 6.08 Å². The number of amides is 2. The van der Waals surface area contributed by atoms with Crippen LogP contribution in [0.3, 0.4) is 0 Å². The van der Waals surface area contributed by atoms with Gasteiger partial charge in [-0.05, 0) is 42.7 Å². The lowest BCUT2D eigenvalue weighted by Crippen LogP contribution is -2.48. The van der Waals surface area contributed by atoms with Crippen molar-refractivity contribution in [2.45, 2.75) is 18.9 Å². The zero-order valence-electron chi connectivity index (χ0n) is 17.1. The lowest BCUT2D eigenvalue weighted by atomic mass is 10.1. The maximum atomic E-state index is 12.5. The summed E-state index contributed by atoms with van der Waals surface area (Å²) in [6, 6.07) is 14.1. The van der Waals surface area contributed by atoms with Gasteiger partial charge in [0.25, 0.3) is 11.6 Å². The number of nitrogens with zero attached hydrogens (tertiary/aromatic N) is 3. The molecule has 1 aliphatic carbocycles. The highest BCUT2D eigenvalue weighted by Gasteiger charge is 2.24. The number of piperazine rings is 1. The van der Waals surface area contributed by atoms with Gasteiger partial charge in [-0.3, -0.25) is 19.7 Å². The molecule has 31 heavy (non-hydrogen) atoms. The van der Waals surface area contributed by atoms with Gasteiger partial charge in [0, 0.05) is 61.7 Å². The van der Waals surface area contributed by atoms with Crippen LogP contribution < -0.4 is 10.2 Å². The van der Waals surface area contributed by atoms with Crippen molar-refractivity contribution >= 4 is 29.3 Å². The second-order valence-electron chi connectivity index (χ2n) is 7.79. The van der Waals surface area contributed by atoms with Crippen LogP contribution in [0, 0.1) is 10.1 Å². The van der Waals surface area contributed by atoms with E-state index in [0.717, 1.165) is 24.1 Å². The zero-order valence-corrected chi connectivity index (χ0v) is 17.1. The van der Waals surface area contributed by atoms with E-state index in [1.807, 2.05) is 23.1 Å². The predicted molar refractivity (Wildman–Crippen MR) is 118 cm³/mol. The monoisotopic (exact) mass is 420 g/mol. The molecule has 0 aromatic heterocycles. The van der Waals surface area contributed by atoms with Crippen LogP contribution in [0.4, 0.5) is 11.4 Å². The summed E-state index contributed by atoms with van der Waals surface area (Å²) in [6.45, 7) is 2.33. The van der Waals surface area contributed by atoms with Crippen LogP contribution in [0.15, 0.2) is 54.6 Å². The molecule has 2 aromatic carbocycles. The molecule has 0 spiro atoms. The van der Waals surface area contributed by atoms with Crippen LogP contribution in [0.5, 0.6) is 0 Å². The molecule has 8 nitrogen and oxygen atoms in total. The maximum Gasteiger partial charge on any atom is 0.271 e. The number of anilines is 1. The van der Waals surface area contributed by atoms with E-state index in [1.165, 1.54) is 6.07 Å². The number of carbonyl (C=O) groups excluding carboxylic acids is 2. The fourth-order valence-corrected chi connectivity index (χ4v) is 3.50. The zero-order chi connectivity index (χ0) is 21.8. The van der Waals surface area contributed by atoms with Gasteiger partial charge in [0.1, 0.15) is 0 Å². The number of hydrogen-bond acceptors (Lipinski definition) is 5. The summed E-state index contributed by atoms with van der Waals surface area (Å²) in [5, 5.41) is 13.9. The van der Waals surface area contributed by atoms with Crippen molar-refractivity contribution in [1.82, 2.24) is 10.2 Å². The molecule has 0 atom stereocenters. The summed E-state index contributed by atoms with van der Waals surface area (Å²) in [5.41, 5.74) is 2.33. The third-order valence-electron chi connectivity index (χ3n) is 5.50. The number of nitro groups is 1. The Balaban J connectivity index is 1.29. The number of nitro benzene ring substituents is 1. The van der Waals surface area contributed by atoms with E-state index in [9.17, 15) is 19.7 Å². The third kappa shape index (κ3) is 5.28. The molecular weight excluding hydrogens is 396 g/mol. The summed E-state index contributed by atoms with van der Waals surface area (Å²) in [7, 11) is 0. The Labute approximate surface area is 180 Å². The predicted octanol–water partition coefficient (Wildman–Crippen LogP) is 2.85. The van der Waals surface area contributed by atoms with Crippen LogP contribution in [-0.4, -0.2) is 53.9 Å². The molecule has 1 heterocycles. The molecule has 2 fully saturated rings. The van der Waals surface area contributed by atoms with E-state index in [4.69, 9.17) is 0 Å². The topological polar surface area (TPSA) is 95.8 Å². The first-order valence-electron chi connectivity index (χ1n) is 10.4. The molecule has 2 aliphatic rings. The fourth-order valence-electron chi connectivity index (χ4n) is 3.50. The maximum absolute atomic E-state index is 12.5. The highest BCUT2D eigenvalue weighted by atomic mass is 16.6. The lowest BCUT2D eigenvalue weighted by molar-refractivity contribution is -0.384. The molecular formula is C23H24N4O4. The minimum absolute atomic E-state index is 0.0595. The van der Waals surface area contributed by atoms with E-state index in [0.29, 0.717) is 37.8 Å². The largest absolute Gasteiger partial charge is 0.368 e. The van der Waals surface area contributed by atoms with Gasteiger partial charge in [-0.2, -0.15) is 0 Å². The summed E-state index contributed by atoms with van der Waals surface area (Å²) in [5.74, 6) is -0.134. The third-order valence-corrected chi connectivity index (χ3v) is 5.50.